The van der Waals surface area contributed by atoms with E-state index in [-0.39, 0.29) is 36.0 Å². The summed E-state index contributed by atoms with van der Waals surface area (Å²) in [6.07, 6.45) is 1.30. The molecule has 0 spiro atoms. The lowest BCUT2D eigenvalue weighted by atomic mass is 9.93. The molecule has 0 saturated heterocycles. The van der Waals surface area contributed by atoms with Crippen molar-refractivity contribution in [3.8, 4) is 5.88 Å². The highest BCUT2D eigenvalue weighted by Crippen LogP contribution is 2.27. The normalized spacial score (nSPS) is 19.9. The van der Waals surface area contributed by atoms with E-state index in [0.29, 0.717) is 25.7 Å². The van der Waals surface area contributed by atoms with Gasteiger partial charge in [-0.1, -0.05) is 0 Å². The molecule has 1 fully saturated rings. The molecule has 10 heteroatoms. The predicted molar refractivity (Wildman–Crippen MR) is 84.5 cm³/mol. The maximum absolute atomic E-state index is 14.2. The fraction of sp³-hybridized carbons (Fsp3) is 0.533. The fourth-order valence-corrected chi connectivity index (χ4v) is 2.68. The largest absolute Gasteiger partial charge is 0.474 e. The number of hydrogen-bond donors (Lipinski definition) is 3. The SMILES string of the molecule is NC(=O)OC1CCC(Nc2nc(OCCF)c(C(N)=O)cc2F)CC1. The second-order valence-electron chi connectivity index (χ2n) is 5.63. The van der Waals surface area contributed by atoms with Crippen LogP contribution in [0.15, 0.2) is 6.07 Å². The highest BCUT2D eigenvalue weighted by Gasteiger charge is 2.25. The molecule has 138 valence electrons. The Morgan fingerprint density at radius 1 is 1.28 bits per heavy atom. The van der Waals surface area contributed by atoms with Crippen molar-refractivity contribution in [1.29, 1.82) is 0 Å². The molecule has 0 radical (unpaired) electrons. The average Bonchev–Trinajstić information content (AvgIpc) is 2.56. The van der Waals surface area contributed by atoms with Gasteiger partial charge in [-0.3, -0.25) is 4.79 Å². The van der Waals surface area contributed by atoms with Gasteiger partial charge in [0.15, 0.2) is 11.6 Å². The number of ether oxygens (including phenoxy) is 2. The molecule has 5 N–H and O–H groups in total. The summed E-state index contributed by atoms with van der Waals surface area (Å²) in [5.74, 6) is -2.02. The molecule has 1 saturated carbocycles. The highest BCUT2D eigenvalue weighted by molar-refractivity contribution is 5.95. The summed E-state index contributed by atoms with van der Waals surface area (Å²) < 4.78 is 36.4. The third-order valence-corrected chi connectivity index (χ3v) is 3.82. The summed E-state index contributed by atoms with van der Waals surface area (Å²) in [5, 5.41) is 2.92. The molecule has 8 nitrogen and oxygen atoms in total. The Hall–Kier alpha value is -2.65. The summed E-state index contributed by atoms with van der Waals surface area (Å²) in [7, 11) is 0. The Labute approximate surface area is 142 Å². The topological polar surface area (TPSA) is 130 Å². The van der Waals surface area contributed by atoms with Crippen molar-refractivity contribution in [3.05, 3.63) is 17.4 Å². The first-order chi connectivity index (χ1) is 11.9. The molecule has 0 unspecified atom stereocenters. The quantitative estimate of drug-likeness (QED) is 0.677. The van der Waals surface area contributed by atoms with Crippen molar-refractivity contribution in [1.82, 2.24) is 4.98 Å². The van der Waals surface area contributed by atoms with Crippen LogP contribution in [-0.4, -0.2) is 42.4 Å². The van der Waals surface area contributed by atoms with Crippen molar-refractivity contribution in [3.63, 3.8) is 0 Å². The molecular weight excluding hydrogens is 338 g/mol. The van der Waals surface area contributed by atoms with Crippen molar-refractivity contribution < 1.29 is 27.8 Å². The van der Waals surface area contributed by atoms with Crippen LogP contribution < -0.4 is 21.5 Å². The number of rotatable bonds is 7. The van der Waals surface area contributed by atoms with Gasteiger partial charge in [-0.2, -0.15) is 4.98 Å². The minimum atomic E-state index is -0.920. The number of anilines is 1. The molecule has 1 aromatic rings. The van der Waals surface area contributed by atoms with E-state index in [4.69, 9.17) is 20.9 Å². The maximum atomic E-state index is 14.2. The molecule has 1 heterocycles. The van der Waals surface area contributed by atoms with Crippen molar-refractivity contribution >= 4 is 17.8 Å². The molecule has 0 bridgehead atoms. The first-order valence-corrected chi connectivity index (χ1v) is 7.82. The molecule has 25 heavy (non-hydrogen) atoms. The predicted octanol–water partition coefficient (Wildman–Crippen LogP) is 1.49. The van der Waals surface area contributed by atoms with Crippen LogP contribution in [0, 0.1) is 5.82 Å². The van der Waals surface area contributed by atoms with E-state index in [1.165, 1.54) is 0 Å². The van der Waals surface area contributed by atoms with Crippen LogP contribution in [-0.2, 0) is 4.74 Å². The first kappa shape index (κ1) is 18.7. The number of pyridine rings is 1. The molecule has 2 rings (SSSR count). The minimum Gasteiger partial charge on any atom is -0.474 e. The molecule has 1 aliphatic carbocycles. The molecule has 1 aliphatic rings. The highest BCUT2D eigenvalue weighted by atomic mass is 19.1. The number of hydrogen-bond acceptors (Lipinski definition) is 6. The van der Waals surface area contributed by atoms with Gasteiger partial charge in [0.05, 0.1) is 0 Å². The van der Waals surface area contributed by atoms with Crippen LogP contribution in [0.2, 0.25) is 0 Å². The molecule has 2 amide bonds. The van der Waals surface area contributed by atoms with E-state index in [0.717, 1.165) is 6.07 Å². The number of carbonyl (C=O) groups excluding carboxylic acids is 2. The Morgan fingerprint density at radius 3 is 2.52 bits per heavy atom. The smallest absolute Gasteiger partial charge is 0.404 e. The van der Waals surface area contributed by atoms with E-state index < -0.39 is 24.5 Å². The molecule has 0 atom stereocenters. The standard InChI is InChI=1S/C15H20F2N4O4/c16-5-6-24-14-10(12(18)22)7-11(17)13(21-14)20-8-1-3-9(4-2-8)25-15(19)23/h7-9H,1-6H2,(H2,18,22)(H2,19,23)(H,20,21). The van der Waals surface area contributed by atoms with Crippen LogP contribution in [0.25, 0.3) is 0 Å². The van der Waals surface area contributed by atoms with Crippen LogP contribution in [0.1, 0.15) is 36.0 Å². The second-order valence-corrected chi connectivity index (χ2v) is 5.63. The number of primary amides is 2. The van der Waals surface area contributed by atoms with Gasteiger partial charge < -0.3 is 26.3 Å². The zero-order valence-corrected chi connectivity index (χ0v) is 13.5. The van der Waals surface area contributed by atoms with Gasteiger partial charge >= 0.3 is 6.09 Å². The van der Waals surface area contributed by atoms with E-state index in [2.05, 4.69) is 10.3 Å². The van der Waals surface area contributed by atoms with Crippen molar-refractivity contribution in [2.24, 2.45) is 11.5 Å². The molecule has 0 aliphatic heterocycles. The summed E-state index contributed by atoms with van der Waals surface area (Å²) >= 11 is 0. The molecule has 1 aromatic heterocycles. The zero-order chi connectivity index (χ0) is 18.4. The Balaban J connectivity index is 2.06. The zero-order valence-electron chi connectivity index (χ0n) is 13.5. The third-order valence-electron chi connectivity index (χ3n) is 3.82. The van der Waals surface area contributed by atoms with Gasteiger partial charge in [-0.25, -0.2) is 13.6 Å². The Morgan fingerprint density at radius 2 is 1.96 bits per heavy atom. The van der Waals surface area contributed by atoms with Crippen LogP contribution in [0.3, 0.4) is 0 Å². The lowest BCUT2D eigenvalue weighted by Crippen LogP contribution is -2.32. The monoisotopic (exact) mass is 358 g/mol. The van der Waals surface area contributed by atoms with E-state index in [1.54, 1.807) is 0 Å². The number of halogens is 2. The van der Waals surface area contributed by atoms with E-state index in [9.17, 15) is 18.4 Å². The summed E-state index contributed by atoms with van der Waals surface area (Å²) in [4.78, 5) is 26.0. The number of aromatic nitrogens is 1. The van der Waals surface area contributed by atoms with E-state index >= 15 is 0 Å². The third kappa shape index (κ3) is 5.16. The number of nitrogens with one attached hydrogen (secondary N) is 1. The van der Waals surface area contributed by atoms with Gasteiger partial charge in [0.1, 0.15) is 24.9 Å². The first-order valence-electron chi connectivity index (χ1n) is 7.82. The summed E-state index contributed by atoms with van der Waals surface area (Å²) in [6, 6.07) is 0.802. The van der Waals surface area contributed by atoms with Gasteiger partial charge in [0.2, 0.25) is 5.88 Å². The van der Waals surface area contributed by atoms with Crippen molar-refractivity contribution in [2.75, 3.05) is 18.6 Å². The van der Waals surface area contributed by atoms with Crippen molar-refractivity contribution in [2.45, 2.75) is 37.8 Å². The van der Waals surface area contributed by atoms with Gasteiger partial charge in [0, 0.05) is 6.04 Å². The number of nitrogens with two attached hydrogens (primary N) is 2. The molecular formula is C15H20F2N4O4. The maximum Gasteiger partial charge on any atom is 0.404 e. The minimum absolute atomic E-state index is 0.108. The Bertz CT molecular complexity index is 636. The lowest BCUT2D eigenvalue weighted by Gasteiger charge is -2.29. The average molecular weight is 358 g/mol. The Kier molecular flexibility index (Phi) is 6.31. The fourth-order valence-electron chi connectivity index (χ4n) is 2.68. The second kappa shape index (κ2) is 8.45. The number of carbonyl (C=O) groups is 2. The number of amides is 2. The number of nitrogens with zero attached hydrogens (tertiary/aromatic N) is 1. The summed E-state index contributed by atoms with van der Waals surface area (Å²) in [5.41, 5.74) is 9.88. The summed E-state index contributed by atoms with van der Waals surface area (Å²) in [6.45, 7) is -1.11. The van der Waals surface area contributed by atoms with Crippen LogP contribution in [0.4, 0.5) is 19.4 Å². The van der Waals surface area contributed by atoms with Gasteiger partial charge in [0.25, 0.3) is 5.91 Å². The van der Waals surface area contributed by atoms with E-state index in [1.807, 2.05) is 0 Å². The number of alkyl halides is 1. The van der Waals surface area contributed by atoms with Gasteiger partial charge in [-0.05, 0) is 31.7 Å². The molecule has 0 aromatic carbocycles. The van der Waals surface area contributed by atoms with Crippen LogP contribution >= 0.6 is 0 Å². The van der Waals surface area contributed by atoms with Crippen LogP contribution in [0.5, 0.6) is 5.88 Å². The lowest BCUT2D eigenvalue weighted by molar-refractivity contribution is 0.0805. The van der Waals surface area contributed by atoms with Gasteiger partial charge in [-0.15, -0.1) is 0 Å².